The number of rotatable bonds is 0. The van der Waals surface area contributed by atoms with Gasteiger partial charge in [0, 0.05) is 27.3 Å². The van der Waals surface area contributed by atoms with Crippen molar-refractivity contribution in [2.75, 3.05) is 6.26 Å². The number of sulfonamides is 1. The Kier molecular flexibility index (Phi) is 4.84. The normalized spacial score (nSPS) is 9.67. The summed E-state index contributed by atoms with van der Waals surface area (Å²) in [5.41, 5.74) is 0. The van der Waals surface area contributed by atoms with Crippen LogP contribution in [0, 0.1) is 0 Å². The molecule has 2 N–H and O–H groups in total. The molecule has 36 valence electrons. The second-order valence-electron chi connectivity index (χ2n) is 0.830. The summed E-state index contributed by atoms with van der Waals surface area (Å²) in [6.45, 7) is 0. The van der Waals surface area contributed by atoms with E-state index in [4.69, 9.17) is 0 Å². The van der Waals surface area contributed by atoms with Gasteiger partial charge in [-0.25, -0.2) is 13.6 Å². The SMILES string of the molecule is CS(N)(=O)=O.[Pb]. The van der Waals surface area contributed by atoms with Crippen LogP contribution in [0.5, 0.6) is 0 Å². The summed E-state index contributed by atoms with van der Waals surface area (Å²) in [5, 5.41) is 4.33. The van der Waals surface area contributed by atoms with Crippen molar-refractivity contribution in [3.8, 4) is 0 Å². The number of hydrogen-bond donors (Lipinski definition) is 1. The van der Waals surface area contributed by atoms with Gasteiger partial charge in [0.1, 0.15) is 0 Å². The van der Waals surface area contributed by atoms with E-state index in [9.17, 15) is 8.42 Å². The van der Waals surface area contributed by atoms with Crippen LogP contribution >= 0.6 is 0 Å². The van der Waals surface area contributed by atoms with E-state index in [1.54, 1.807) is 0 Å². The molecule has 3 nitrogen and oxygen atoms in total. The molecule has 0 fully saturated rings. The van der Waals surface area contributed by atoms with Crippen LogP contribution in [-0.2, 0) is 10.0 Å². The van der Waals surface area contributed by atoms with Crippen molar-refractivity contribution in [1.29, 1.82) is 0 Å². The first kappa shape index (κ1) is 9.95. The van der Waals surface area contributed by atoms with Crippen LogP contribution in [0.1, 0.15) is 0 Å². The zero-order chi connectivity index (χ0) is 4.50. The van der Waals surface area contributed by atoms with Gasteiger partial charge in [-0.2, -0.15) is 0 Å². The predicted molar refractivity (Wildman–Crippen MR) is 24.8 cm³/mol. The first-order chi connectivity index (χ1) is 2.00. The van der Waals surface area contributed by atoms with Gasteiger partial charge < -0.3 is 0 Å². The van der Waals surface area contributed by atoms with Crippen molar-refractivity contribution in [2.45, 2.75) is 0 Å². The van der Waals surface area contributed by atoms with Crippen LogP contribution in [0.2, 0.25) is 0 Å². The Morgan fingerprint density at radius 3 is 1.50 bits per heavy atom. The van der Waals surface area contributed by atoms with Crippen molar-refractivity contribution in [3.63, 3.8) is 0 Å². The van der Waals surface area contributed by atoms with Crippen molar-refractivity contribution < 1.29 is 8.42 Å². The largest absolute Gasteiger partial charge is 0.229 e. The van der Waals surface area contributed by atoms with Gasteiger partial charge in [-0.05, 0) is 0 Å². The molecule has 0 aromatic heterocycles. The second kappa shape index (κ2) is 2.92. The predicted octanol–water partition coefficient (Wildman–Crippen LogP) is -1.48. The van der Waals surface area contributed by atoms with E-state index in [1.165, 1.54) is 0 Å². The maximum Gasteiger partial charge on any atom is 0.206 e. The van der Waals surface area contributed by atoms with Crippen LogP contribution in [0.3, 0.4) is 0 Å². The number of hydrogen-bond acceptors (Lipinski definition) is 2. The molecule has 0 aromatic rings. The Morgan fingerprint density at radius 2 is 1.50 bits per heavy atom. The summed E-state index contributed by atoms with van der Waals surface area (Å²) in [5.74, 6) is 0. The molecule has 0 aliphatic carbocycles. The molecule has 6 heavy (non-hydrogen) atoms. The smallest absolute Gasteiger partial charge is 0.206 e. The van der Waals surface area contributed by atoms with Crippen LogP contribution in [0.15, 0.2) is 0 Å². The zero-order valence-corrected chi connectivity index (χ0v) is 8.01. The summed E-state index contributed by atoms with van der Waals surface area (Å²) in [6, 6.07) is 0. The Labute approximate surface area is 57.1 Å². The standard InChI is InChI=1S/CH5NO2S.Pb/c1-5(2,3)4;/h1H3,(H2,2,3,4);. The molecule has 4 radical (unpaired) electrons. The first-order valence-corrected chi connectivity index (χ1v) is 2.93. The molecule has 0 aromatic carbocycles. The van der Waals surface area contributed by atoms with Crippen molar-refractivity contribution >= 4 is 37.3 Å². The zero-order valence-electron chi connectivity index (χ0n) is 3.30. The molecular weight excluding hydrogens is 297 g/mol. The Bertz CT molecular complexity index is 96.7. The fourth-order valence-corrected chi connectivity index (χ4v) is 0. The van der Waals surface area contributed by atoms with E-state index >= 15 is 0 Å². The summed E-state index contributed by atoms with van der Waals surface area (Å²) in [6.07, 6.45) is 0.938. The molecule has 0 aliphatic heterocycles. The third-order valence-electron chi connectivity index (χ3n) is 0. The van der Waals surface area contributed by atoms with Crippen LogP contribution in [0.4, 0.5) is 0 Å². The molecule has 5 heteroatoms. The van der Waals surface area contributed by atoms with Crippen LogP contribution in [0.25, 0.3) is 0 Å². The van der Waals surface area contributed by atoms with Gasteiger partial charge in [0.05, 0.1) is 6.26 Å². The minimum absolute atomic E-state index is 0. The van der Waals surface area contributed by atoms with Gasteiger partial charge in [0.2, 0.25) is 10.0 Å². The molecule has 0 bridgehead atoms. The van der Waals surface area contributed by atoms with Crippen molar-refractivity contribution in [1.82, 2.24) is 0 Å². The topological polar surface area (TPSA) is 60.2 Å². The van der Waals surface area contributed by atoms with Gasteiger partial charge in [0.15, 0.2) is 0 Å². The van der Waals surface area contributed by atoms with Gasteiger partial charge >= 0.3 is 0 Å². The van der Waals surface area contributed by atoms with Crippen LogP contribution < -0.4 is 5.14 Å². The molecule has 0 atom stereocenters. The molecule has 0 heterocycles. The minimum atomic E-state index is -3.17. The van der Waals surface area contributed by atoms with E-state index in [0.717, 1.165) is 6.26 Å². The number of primary sulfonamides is 1. The first-order valence-electron chi connectivity index (χ1n) is 0.977. The Balaban J connectivity index is 0. The van der Waals surface area contributed by atoms with Gasteiger partial charge in [-0.3, -0.25) is 0 Å². The van der Waals surface area contributed by atoms with Gasteiger partial charge in [-0.1, -0.05) is 0 Å². The van der Waals surface area contributed by atoms with E-state index < -0.39 is 10.0 Å². The van der Waals surface area contributed by atoms with Gasteiger partial charge in [0.25, 0.3) is 0 Å². The summed E-state index contributed by atoms with van der Waals surface area (Å²) >= 11 is 0. The Hall–Kier alpha value is 0.832. The minimum Gasteiger partial charge on any atom is -0.229 e. The van der Waals surface area contributed by atoms with Crippen molar-refractivity contribution in [2.24, 2.45) is 5.14 Å². The fourth-order valence-electron chi connectivity index (χ4n) is 0. The number of nitrogens with two attached hydrogens (primary N) is 1. The fraction of sp³-hybridized carbons (Fsp3) is 1.00. The van der Waals surface area contributed by atoms with E-state index in [0.29, 0.717) is 0 Å². The summed E-state index contributed by atoms with van der Waals surface area (Å²) in [7, 11) is -3.17. The maximum absolute atomic E-state index is 9.41. The summed E-state index contributed by atoms with van der Waals surface area (Å²) in [4.78, 5) is 0. The van der Waals surface area contributed by atoms with Crippen LogP contribution in [-0.4, -0.2) is 42.0 Å². The van der Waals surface area contributed by atoms with Gasteiger partial charge in [-0.15, -0.1) is 0 Å². The average Bonchev–Trinajstić information content (AvgIpc) is 0.722. The second-order valence-corrected chi connectivity index (χ2v) is 2.49. The average molecular weight is 302 g/mol. The van der Waals surface area contributed by atoms with E-state index in [2.05, 4.69) is 5.14 Å². The van der Waals surface area contributed by atoms with E-state index in [-0.39, 0.29) is 27.3 Å². The summed E-state index contributed by atoms with van der Waals surface area (Å²) < 4.78 is 18.8. The molecule has 0 unspecified atom stereocenters. The third kappa shape index (κ3) is 102. The molecule has 0 saturated carbocycles. The molecular formula is CH5NO2PbS. The third-order valence-corrected chi connectivity index (χ3v) is 0. The molecule has 0 spiro atoms. The maximum atomic E-state index is 9.41. The molecule has 0 saturated heterocycles. The molecule has 0 rings (SSSR count). The Morgan fingerprint density at radius 1 is 1.50 bits per heavy atom. The molecule has 0 amide bonds. The quantitative estimate of drug-likeness (QED) is 0.555. The monoisotopic (exact) mass is 303 g/mol. The van der Waals surface area contributed by atoms with Crippen molar-refractivity contribution in [3.05, 3.63) is 0 Å². The molecule has 0 aliphatic rings. The van der Waals surface area contributed by atoms with E-state index in [1.807, 2.05) is 0 Å².